The third-order valence-corrected chi connectivity index (χ3v) is 7.72. The minimum absolute atomic E-state index is 0.0998. The highest BCUT2D eigenvalue weighted by Gasteiger charge is 2.34. The number of nitrogens with zero attached hydrogens (tertiary/aromatic N) is 3. The predicted molar refractivity (Wildman–Crippen MR) is 106 cm³/mol. The van der Waals surface area contributed by atoms with Gasteiger partial charge in [0, 0.05) is 39.3 Å². The van der Waals surface area contributed by atoms with E-state index in [9.17, 15) is 17.6 Å². The van der Waals surface area contributed by atoms with Gasteiger partial charge in [-0.1, -0.05) is 13.8 Å². The molecule has 0 N–H and O–H groups in total. The average Bonchev–Trinajstić information content (AvgIpc) is 2.66. The van der Waals surface area contributed by atoms with Crippen molar-refractivity contribution in [2.75, 3.05) is 39.3 Å². The summed E-state index contributed by atoms with van der Waals surface area (Å²) < 4.78 is 40.0. The average molecular weight is 412 g/mol. The van der Waals surface area contributed by atoms with E-state index < -0.39 is 15.8 Å². The van der Waals surface area contributed by atoms with Crippen LogP contribution in [0.25, 0.3) is 0 Å². The van der Waals surface area contributed by atoms with E-state index in [4.69, 9.17) is 0 Å². The number of piperidine rings is 1. The quantitative estimate of drug-likeness (QED) is 0.761. The first-order chi connectivity index (χ1) is 13.2. The Hall–Kier alpha value is -1.51. The summed E-state index contributed by atoms with van der Waals surface area (Å²) in [6, 6.07) is 4.65. The van der Waals surface area contributed by atoms with Crippen molar-refractivity contribution >= 4 is 15.9 Å². The Morgan fingerprint density at radius 1 is 1.04 bits per heavy atom. The lowest BCUT2D eigenvalue weighted by atomic mass is 9.91. The van der Waals surface area contributed by atoms with Crippen LogP contribution in [-0.4, -0.2) is 73.7 Å². The van der Waals surface area contributed by atoms with Gasteiger partial charge in [0.25, 0.3) is 0 Å². The summed E-state index contributed by atoms with van der Waals surface area (Å²) in [5, 5.41) is 0. The molecule has 0 spiro atoms. The molecule has 156 valence electrons. The maximum Gasteiger partial charge on any atom is 0.243 e. The second-order valence-corrected chi connectivity index (χ2v) is 10.2. The minimum atomic E-state index is -3.64. The summed E-state index contributed by atoms with van der Waals surface area (Å²) in [6.07, 6.45) is 1.15. The smallest absolute Gasteiger partial charge is 0.243 e. The van der Waals surface area contributed by atoms with Gasteiger partial charge < -0.3 is 4.90 Å². The Morgan fingerprint density at radius 2 is 1.57 bits per heavy atom. The number of likely N-dealkylation sites (tertiary alicyclic amines) is 1. The highest BCUT2D eigenvalue weighted by atomic mass is 32.2. The van der Waals surface area contributed by atoms with Gasteiger partial charge >= 0.3 is 0 Å². The van der Waals surface area contributed by atoms with E-state index in [2.05, 4.69) is 18.7 Å². The number of amides is 1. The summed E-state index contributed by atoms with van der Waals surface area (Å²) in [6.45, 7) is 9.53. The van der Waals surface area contributed by atoms with Crippen molar-refractivity contribution in [3.8, 4) is 0 Å². The molecule has 2 aliphatic heterocycles. The fourth-order valence-corrected chi connectivity index (χ4v) is 5.77. The zero-order valence-corrected chi connectivity index (χ0v) is 17.7. The van der Waals surface area contributed by atoms with Gasteiger partial charge in [-0.2, -0.15) is 4.31 Å². The molecule has 2 aliphatic rings. The fourth-order valence-electron chi connectivity index (χ4n) is 4.35. The van der Waals surface area contributed by atoms with Crippen LogP contribution >= 0.6 is 0 Å². The normalized spacial score (nSPS) is 26.2. The van der Waals surface area contributed by atoms with E-state index in [1.54, 1.807) is 0 Å². The summed E-state index contributed by atoms with van der Waals surface area (Å²) in [7, 11) is -3.64. The van der Waals surface area contributed by atoms with Crippen molar-refractivity contribution in [1.29, 1.82) is 0 Å². The van der Waals surface area contributed by atoms with Gasteiger partial charge in [0.15, 0.2) is 0 Å². The molecule has 0 saturated carbocycles. The van der Waals surface area contributed by atoms with Gasteiger partial charge in [0.1, 0.15) is 5.82 Å². The lowest BCUT2D eigenvalue weighted by molar-refractivity contribution is -0.139. The predicted octanol–water partition coefficient (Wildman–Crippen LogP) is 2.02. The Balaban J connectivity index is 1.60. The number of halogens is 1. The first-order valence-electron chi connectivity index (χ1n) is 9.97. The van der Waals surface area contributed by atoms with Gasteiger partial charge in [-0.15, -0.1) is 0 Å². The minimum Gasteiger partial charge on any atom is -0.341 e. The lowest BCUT2D eigenvalue weighted by Crippen LogP contribution is -2.56. The summed E-state index contributed by atoms with van der Waals surface area (Å²) >= 11 is 0. The van der Waals surface area contributed by atoms with Crippen LogP contribution in [0.1, 0.15) is 27.2 Å². The van der Waals surface area contributed by atoms with Gasteiger partial charge in [-0.3, -0.25) is 9.69 Å². The third-order valence-electron chi connectivity index (χ3n) is 5.81. The first kappa shape index (κ1) is 21.2. The molecule has 0 aromatic heterocycles. The zero-order chi connectivity index (χ0) is 20.5. The van der Waals surface area contributed by atoms with Crippen LogP contribution < -0.4 is 0 Å². The van der Waals surface area contributed by atoms with E-state index in [0.717, 1.165) is 31.6 Å². The number of hydrogen-bond donors (Lipinski definition) is 0. The largest absolute Gasteiger partial charge is 0.341 e. The number of carbonyl (C=O) groups is 1. The Morgan fingerprint density at radius 3 is 2.11 bits per heavy atom. The Bertz CT molecular complexity index is 781. The van der Waals surface area contributed by atoms with Gasteiger partial charge in [0.2, 0.25) is 15.9 Å². The Kier molecular flexibility index (Phi) is 6.41. The summed E-state index contributed by atoms with van der Waals surface area (Å²) in [4.78, 5) is 17.1. The SMILES string of the molecule is C[C@@H]1C[C@H](C)CN(C(=O)[C@H](C)N2CCN(S(=O)(=O)c3ccc(F)cc3)CC2)C1. The van der Waals surface area contributed by atoms with E-state index in [0.29, 0.717) is 38.0 Å². The molecule has 0 bridgehead atoms. The topological polar surface area (TPSA) is 60.9 Å². The van der Waals surface area contributed by atoms with Crippen molar-refractivity contribution in [2.45, 2.75) is 38.1 Å². The van der Waals surface area contributed by atoms with Crippen LogP contribution in [0.3, 0.4) is 0 Å². The number of piperazine rings is 1. The van der Waals surface area contributed by atoms with Crippen LogP contribution in [0.15, 0.2) is 29.2 Å². The molecule has 2 fully saturated rings. The second-order valence-electron chi connectivity index (χ2n) is 8.26. The molecule has 8 heteroatoms. The van der Waals surface area contributed by atoms with Crippen LogP contribution in [0.2, 0.25) is 0 Å². The molecule has 6 nitrogen and oxygen atoms in total. The third kappa shape index (κ3) is 4.55. The molecule has 3 atom stereocenters. The van der Waals surface area contributed by atoms with Crippen LogP contribution in [0, 0.1) is 17.7 Å². The molecule has 0 aliphatic carbocycles. The maximum atomic E-state index is 13.1. The molecule has 0 radical (unpaired) electrons. The van der Waals surface area contributed by atoms with Crippen molar-refractivity contribution in [2.24, 2.45) is 11.8 Å². The van der Waals surface area contributed by atoms with Crippen molar-refractivity contribution in [3.05, 3.63) is 30.1 Å². The van der Waals surface area contributed by atoms with Crippen molar-refractivity contribution in [1.82, 2.24) is 14.1 Å². The zero-order valence-electron chi connectivity index (χ0n) is 16.8. The fraction of sp³-hybridized carbons (Fsp3) is 0.650. The Labute approximate surface area is 167 Å². The monoisotopic (exact) mass is 411 g/mol. The number of carbonyl (C=O) groups excluding carboxylic acids is 1. The molecule has 28 heavy (non-hydrogen) atoms. The van der Waals surface area contributed by atoms with Gasteiger partial charge in [-0.05, 0) is 49.4 Å². The molecule has 3 rings (SSSR count). The molecule has 1 amide bonds. The lowest BCUT2D eigenvalue weighted by Gasteiger charge is -2.41. The maximum absolute atomic E-state index is 13.1. The standard InChI is InChI=1S/C20H30FN3O3S/c1-15-12-16(2)14-23(13-15)20(25)17(3)22-8-10-24(11-9-22)28(26,27)19-6-4-18(21)5-7-19/h4-7,15-17H,8-14H2,1-3H3/t15-,16+,17-/m0/s1. The van der Waals surface area contributed by atoms with Gasteiger partial charge in [0.05, 0.1) is 10.9 Å². The van der Waals surface area contributed by atoms with Crippen LogP contribution in [0.4, 0.5) is 4.39 Å². The highest BCUT2D eigenvalue weighted by molar-refractivity contribution is 7.89. The number of benzene rings is 1. The van der Waals surface area contributed by atoms with Crippen molar-refractivity contribution in [3.63, 3.8) is 0 Å². The first-order valence-corrected chi connectivity index (χ1v) is 11.4. The number of rotatable bonds is 4. The van der Waals surface area contributed by atoms with Gasteiger partial charge in [-0.25, -0.2) is 12.8 Å². The van der Waals surface area contributed by atoms with Crippen LogP contribution in [-0.2, 0) is 14.8 Å². The molecule has 1 aromatic carbocycles. The molecule has 2 heterocycles. The van der Waals surface area contributed by atoms with E-state index in [1.807, 2.05) is 11.8 Å². The summed E-state index contributed by atoms with van der Waals surface area (Å²) in [5.41, 5.74) is 0. The van der Waals surface area contributed by atoms with E-state index in [-0.39, 0.29) is 16.8 Å². The number of sulfonamides is 1. The molecular weight excluding hydrogens is 381 g/mol. The van der Waals surface area contributed by atoms with Crippen LogP contribution in [0.5, 0.6) is 0 Å². The van der Waals surface area contributed by atoms with Crippen molar-refractivity contribution < 1.29 is 17.6 Å². The summed E-state index contributed by atoms with van der Waals surface area (Å²) in [5.74, 6) is 0.695. The molecule has 0 unspecified atom stereocenters. The van der Waals surface area contributed by atoms with E-state index in [1.165, 1.54) is 16.4 Å². The highest BCUT2D eigenvalue weighted by Crippen LogP contribution is 2.23. The molecule has 2 saturated heterocycles. The number of hydrogen-bond acceptors (Lipinski definition) is 4. The molecular formula is C20H30FN3O3S. The molecule has 1 aromatic rings. The van der Waals surface area contributed by atoms with E-state index >= 15 is 0 Å². The second kappa shape index (κ2) is 8.47.